The minimum atomic E-state index is -0.217. The molecule has 0 spiro atoms. The van der Waals surface area contributed by atoms with Gasteiger partial charge in [-0.05, 0) is 48.9 Å². The molecule has 2 aromatic rings. The Bertz CT molecular complexity index is 877. The normalized spacial score (nSPS) is 11.2. The topological polar surface area (TPSA) is 64.1 Å². The molecule has 2 N–H and O–H groups in total. The number of guanidine groups is 1. The fourth-order valence-corrected chi connectivity index (χ4v) is 3.80. The highest BCUT2D eigenvalue weighted by atomic mass is 32.2. The van der Waals surface area contributed by atoms with Crippen molar-refractivity contribution in [2.24, 2.45) is 4.99 Å². The van der Waals surface area contributed by atoms with E-state index in [1.165, 1.54) is 6.07 Å². The van der Waals surface area contributed by atoms with E-state index in [2.05, 4.69) is 15.6 Å². The molecule has 0 aliphatic heterocycles. The number of methoxy groups -OCH3 is 3. The molecule has 8 heteroatoms. The molecular formula is C23H32FN3O3S. The first-order chi connectivity index (χ1) is 15.1. The van der Waals surface area contributed by atoms with Gasteiger partial charge in [-0.25, -0.2) is 9.38 Å². The van der Waals surface area contributed by atoms with Crippen LogP contribution in [0.15, 0.2) is 35.3 Å². The number of nitrogens with zero attached hydrogens (tertiary/aromatic N) is 1. The zero-order chi connectivity index (χ0) is 22.6. The van der Waals surface area contributed by atoms with Crippen molar-refractivity contribution in [2.45, 2.75) is 25.6 Å². The van der Waals surface area contributed by atoms with E-state index in [1.807, 2.05) is 31.4 Å². The first-order valence-corrected chi connectivity index (χ1v) is 11.5. The van der Waals surface area contributed by atoms with E-state index in [9.17, 15) is 4.39 Å². The molecule has 0 heterocycles. The van der Waals surface area contributed by atoms with Crippen LogP contribution in [0, 0.1) is 5.82 Å². The average Bonchev–Trinajstić information content (AvgIpc) is 2.78. The first-order valence-electron chi connectivity index (χ1n) is 10.1. The molecule has 0 fully saturated rings. The van der Waals surface area contributed by atoms with Crippen molar-refractivity contribution in [2.75, 3.05) is 40.7 Å². The van der Waals surface area contributed by atoms with Crippen molar-refractivity contribution in [3.8, 4) is 17.2 Å². The predicted octanol–water partition coefficient (Wildman–Crippen LogP) is 4.01. The van der Waals surface area contributed by atoms with Gasteiger partial charge in [-0.1, -0.05) is 12.1 Å². The third-order valence-corrected chi connectivity index (χ3v) is 5.29. The van der Waals surface area contributed by atoms with Gasteiger partial charge in [0.05, 0.1) is 27.9 Å². The van der Waals surface area contributed by atoms with E-state index in [1.54, 1.807) is 39.2 Å². The van der Waals surface area contributed by atoms with Crippen LogP contribution < -0.4 is 24.8 Å². The maximum atomic E-state index is 13.6. The highest BCUT2D eigenvalue weighted by Crippen LogP contribution is 2.39. The van der Waals surface area contributed by atoms with E-state index < -0.39 is 0 Å². The summed E-state index contributed by atoms with van der Waals surface area (Å²) in [6.07, 6.45) is 2.72. The van der Waals surface area contributed by atoms with E-state index in [4.69, 9.17) is 14.2 Å². The van der Waals surface area contributed by atoms with Crippen molar-refractivity contribution < 1.29 is 18.6 Å². The fourth-order valence-electron chi connectivity index (χ4n) is 3.22. The Morgan fingerprint density at radius 1 is 0.968 bits per heavy atom. The lowest BCUT2D eigenvalue weighted by atomic mass is 10.1. The summed E-state index contributed by atoms with van der Waals surface area (Å²) >= 11 is 1.67. The quantitative estimate of drug-likeness (QED) is 0.399. The maximum Gasteiger partial charge on any atom is 0.203 e. The van der Waals surface area contributed by atoms with Gasteiger partial charge in [-0.3, -0.25) is 0 Å². The molecule has 0 saturated heterocycles. The lowest BCUT2D eigenvalue weighted by Crippen LogP contribution is -2.38. The summed E-state index contributed by atoms with van der Waals surface area (Å²) in [5.74, 6) is 3.13. The summed E-state index contributed by atoms with van der Waals surface area (Å²) in [6.45, 7) is 3.89. The number of rotatable bonds is 11. The van der Waals surface area contributed by atoms with Gasteiger partial charge >= 0.3 is 0 Å². The first kappa shape index (κ1) is 24.7. The second kappa shape index (κ2) is 12.9. The molecule has 0 atom stereocenters. The summed E-state index contributed by atoms with van der Waals surface area (Å²) < 4.78 is 29.9. The number of halogens is 1. The molecule has 2 aromatic carbocycles. The van der Waals surface area contributed by atoms with Crippen LogP contribution in [0.1, 0.15) is 23.6 Å². The van der Waals surface area contributed by atoms with Crippen molar-refractivity contribution in [1.82, 2.24) is 10.6 Å². The van der Waals surface area contributed by atoms with Crippen LogP contribution in [0.25, 0.3) is 0 Å². The van der Waals surface area contributed by atoms with Crippen LogP contribution in [0.4, 0.5) is 4.39 Å². The van der Waals surface area contributed by atoms with Gasteiger partial charge in [0.25, 0.3) is 0 Å². The van der Waals surface area contributed by atoms with Gasteiger partial charge in [0.15, 0.2) is 17.5 Å². The number of nitrogens with one attached hydrogen (secondary N) is 2. The Kier molecular flexibility index (Phi) is 10.3. The Balaban J connectivity index is 2.08. The molecule has 0 aromatic heterocycles. The number of benzene rings is 2. The third-order valence-electron chi connectivity index (χ3n) is 4.69. The fraction of sp³-hybridized carbons (Fsp3) is 0.435. The number of thioether (sulfide) groups is 1. The molecule has 2 rings (SSSR count). The summed E-state index contributed by atoms with van der Waals surface area (Å²) in [6, 6.07) is 8.72. The summed E-state index contributed by atoms with van der Waals surface area (Å²) in [5.41, 5.74) is 3.00. The number of ether oxygens (including phenoxy) is 3. The third kappa shape index (κ3) is 6.95. The SMILES string of the molecule is CCNC(=NCc1ccc(F)cc1CSC)NCCc1ccc(OC)c(OC)c1OC. The van der Waals surface area contributed by atoms with Crippen LogP contribution in [-0.2, 0) is 18.7 Å². The van der Waals surface area contributed by atoms with E-state index in [-0.39, 0.29) is 5.82 Å². The van der Waals surface area contributed by atoms with Gasteiger partial charge < -0.3 is 24.8 Å². The lowest BCUT2D eigenvalue weighted by Gasteiger charge is -2.17. The minimum Gasteiger partial charge on any atom is -0.493 e. The number of aliphatic imine (C=N–C) groups is 1. The standard InChI is InChI=1S/C23H32FN3O3S/c1-6-25-23(27-14-17-7-9-19(24)13-18(17)15-31-5)26-12-11-16-8-10-20(28-2)22(30-4)21(16)29-3/h7-10,13H,6,11-12,14-15H2,1-5H3,(H2,25,26,27). The van der Waals surface area contributed by atoms with Crippen molar-refractivity contribution in [1.29, 1.82) is 0 Å². The Hall–Kier alpha value is -2.61. The molecule has 0 radical (unpaired) electrons. The second-order valence-electron chi connectivity index (χ2n) is 6.71. The van der Waals surface area contributed by atoms with Crippen LogP contribution in [-0.4, -0.2) is 46.6 Å². The lowest BCUT2D eigenvalue weighted by molar-refractivity contribution is 0.322. The predicted molar refractivity (Wildman–Crippen MR) is 126 cm³/mol. The zero-order valence-corrected chi connectivity index (χ0v) is 19.7. The van der Waals surface area contributed by atoms with Gasteiger partial charge in [-0.15, -0.1) is 0 Å². The summed E-state index contributed by atoms with van der Waals surface area (Å²) in [5, 5.41) is 6.61. The molecular weight excluding hydrogens is 417 g/mol. The molecule has 6 nitrogen and oxygen atoms in total. The molecule has 0 aliphatic rings. The van der Waals surface area contributed by atoms with Gasteiger partial charge in [0.1, 0.15) is 5.82 Å². The molecule has 170 valence electrons. The van der Waals surface area contributed by atoms with Crippen molar-refractivity contribution >= 4 is 17.7 Å². The molecule has 0 unspecified atom stereocenters. The minimum absolute atomic E-state index is 0.217. The van der Waals surface area contributed by atoms with Crippen molar-refractivity contribution in [3.63, 3.8) is 0 Å². The zero-order valence-electron chi connectivity index (χ0n) is 18.9. The highest BCUT2D eigenvalue weighted by molar-refractivity contribution is 7.97. The summed E-state index contributed by atoms with van der Waals surface area (Å²) in [7, 11) is 4.82. The van der Waals surface area contributed by atoms with E-state index in [0.717, 1.165) is 29.0 Å². The Labute approximate surface area is 188 Å². The highest BCUT2D eigenvalue weighted by Gasteiger charge is 2.15. The van der Waals surface area contributed by atoms with Crippen LogP contribution in [0.5, 0.6) is 17.2 Å². The maximum absolute atomic E-state index is 13.6. The van der Waals surface area contributed by atoms with Gasteiger partial charge in [-0.2, -0.15) is 11.8 Å². The molecule has 0 bridgehead atoms. The largest absolute Gasteiger partial charge is 0.493 e. The summed E-state index contributed by atoms with van der Waals surface area (Å²) in [4.78, 5) is 4.68. The molecule has 0 aliphatic carbocycles. The van der Waals surface area contributed by atoms with Gasteiger partial charge in [0, 0.05) is 24.4 Å². The Morgan fingerprint density at radius 2 is 1.71 bits per heavy atom. The molecule has 31 heavy (non-hydrogen) atoms. The van der Waals surface area contributed by atoms with Crippen LogP contribution in [0.2, 0.25) is 0 Å². The number of hydrogen-bond donors (Lipinski definition) is 2. The average molecular weight is 450 g/mol. The second-order valence-corrected chi connectivity index (χ2v) is 7.58. The molecule has 0 saturated carbocycles. The van der Waals surface area contributed by atoms with Crippen molar-refractivity contribution in [3.05, 3.63) is 52.8 Å². The monoisotopic (exact) mass is 449 g/mol. The van der Waals surface area contributed by atoms with Gasteiger partial charge in [0.2, 0.25) is 5.75 Å². The van der Waals surface area contributed by atoms with Crippen LogP contribution >= 0.6 is 11.8 Å². The van der Waals surface area contributed by atoms with E-state index >= 15 is 0 Å². The van der Waals surface area contributed by atoms with Crippen LogP contribution in [0.3, 0.4) is 0 Å². The smallest absolute Gasteiger partial charge is 0.203 e. The molecule has 0 amide bonds. The Morgan fingerprint density at radius 3 is 2.35 bits per heavy atom. The van der Waals surface area contributed by atoms with E-state index in [0.29, 0.717) is 42.7 Å². The number of hydrogen-bond acceptors (Lipinski definition) is 5.